The molecule has 0 aromatic heterocycles. The maximum atomic E-state index is 13.4. The van der Waals surface area contributed by atoms with E-state index in [0.29, 0.717) is 37.5 Å². The molecule has 196 valence electrons. The standard InChI is InChI=1S/C32H33NO5/c1-3-37-26-16-18-27(19-17-26)38-21-23-14-15-25(10-7-13-31(34)35)30(20-23)33-32(36)22(2)28-12-6-9-24-8-4-5-11-29(24)28/h4-6,8-9,11-12,14-20,22H,3,7,10,13,21H2,1-2H3,(H,33,36)(H,34,35). The van der Waals surface area contributed by atoms with Crippen molar-refractivity contribution in [2.45, 2.75) is 45.6 Å². The molecule has 1 amide bonds. The lowest BCUT2D eigenvalue weighted by atomic mass is 9.94. The maximum Gasteiger partial charge on any atom is 0.303 e. The van der Waals surface area contributed by atoms with Gasteiger partial charge in [0.15, 0.2) is 0 Å². The number of amides is 1. The maximum absolute atomic E-state index is 13.4. The number of aliphatic carboxylic acids is 1. The number of rotatable bonds is 12. The number of hydrogen-bond acceptors (Lipinski definition) is 4. The van der Waals surface area contributed by atoms with Gasteiger partial charge in [-0.3, -0.25) is 9.59 Å². The largest absolute Gasteiger partial charge is 0.494 e. The van der Waals surface area contributed by atoms with Crippen molar-refractivity contribution < 1.29 is 24.2 Å². The number of fused-ring (bicyclic) bond motifs is 1. The number of ether oxygens (including phenoxy) is 2. The minimum Gasteiger partial charge on any atom is -0.494 e. The van der Waals surface area contributed by atoms with E-state index in [-0.39, 0.29) is 18.2 Å². The van der Waals surface area contributed by atoms with Crippen molar-refractivity contribution in [3.63, 3.8) is 0 Å². The predicted octanol–water partition coefficient (Wildman–Crippen LogP) is 6.97. The van der Waals surface area contributed by atoms with Gasteiger partial charge < -0.3 is 19.9 Å². The Morgan fingerprint density at radius 3 is 2.34 bits per heavy atom. The Morgan fingerprint density at radius 1 is 0.895 bits per heavy atom. The number of anilines is 1. The lowest BCUT2D eigenvalue weighted by molar-refractivity contribution is -0.137. The Balaban J connectivity index is 1.52. The van der Waals surface area contributed by atoms with Gasteiger partial charge in [0.2, 0.25) is 5.91 Å². The second-order valence-electron chi connectivity index (χ2n) is 9.21. The Labute approximate surface area is 223 Å². The van der Waals surface area contributed by atoms with Gasteiger partial charge in [-0.2, -0.15) is 0 Å². The van der Waals surface area contributed by atoms with Gasteiger partial charge in [-0.05, 0) is 84.5 Å². The molecule has 6 nitrogen and oxygen atoms in total. The van der Waals surface area contributed by atoms with Gasteiger partial charge in [0.25, 0.3) is 0 Å². The van der Waals surface area contributed by atoms with Crippen molar-refractivity contribution >= 4 is 28.3 Å². The van der Waals surface area contributed by atoms with Gasteiger partial charge in [-0.15, -0.1) is 0 Å². The number of nitrogens with one attached hydrogen (secondary N) is 1. The summed E-state index contributed by atoms with van der Waals surface area (Å²) in [4.78, 5) is 24.5. The van der Waals surface area contributed by atoms with Crippen molar-refractivity contribution in [1.82, 2.24) is 0 Å². The first kappa shape index (κ1) is 26.7. The lowest BCUT2D eigenvalue weighted by Crippen LogP contribution is -2.20. The molecule has 4 aromatic rings. The topological polar surface area (TPSA) is 84.9 Å². The average molecular weight is 512 g/mol. The van der Waals surface area contributed by atoms with E-state index >= 15 is 0 Å². The summed E-state index contributed by atoms with van der Waals surface area (Å²) in [5, 5.41) is 14.3. The number of benzene rings is 4. The zero-order valence-electron chi connectivity index (χ0n) is 21.8. The van der Waals surface area contributed by atoms with Crippen LogP contribution in [-0.2, 0) is 22.6 Å². The molecule has 2 N–H and O–H groups in total. The third-order valence-corrected chi connectivity index (χ3v) is 6.49. The molecule has 4 rings (SSSR count). The molecule has 0 saturated carbocycles. The molecule has 0 fully saturated rings. The molecule has 6 heteroatoms. The van der Waals surface area contributed by atoms with Crippen LogP contribution in [0.2, 0.25) is 0 Å². The van der Waals surface area contributed by atoms with Crippen molar-refractivity contribution in [3.05, 3.63) is 102 Å². The van der Waals surface area contributed by atoms with Crippen LogP contribution in [0.1, 0.15) is 49.3 Å². The van der Waals surface area contributed by atoms with Crippen LogP contribution in [0.25, 0.3) is 10.8 Å². The van der Waals surface area contributed by atoms with Crippen LogP contribution in [-0.4, -0.2) is 23.6 Å². The number of carboxylic acid groups (broad SMARTS) is 1. The van der Waals surface area contributed by atoms with Crippen molar-refractivity contribution in [1.29, 1.82) is 0 Å². The van der Waals surface area contributed by atoms with Gasteiger partial charge in [0.1, 0.15) is 18.1 Å². The van der Waals surface area contributed by atoms with E-state index < -0.39 is 5.97 Å². The molecule has 4 aromatic carbocycles. The zero-order valence-corrected chi connectivity index (χ0v) is 21.8. The molecule has 38 heavy (non-hydrogen) atoms. The summed E-state index contributed by atoms with van der Waals surface area (Å²) in [5.74, 6) is 0.174. The Morgan fingerprint density at radius 2 is 1.61 bits per heavy atom. The molecule has 0 aliphatic heterocycles. The highest BCUT2D eigenvalue weighted by Gasteiger charge is 2.19. The lowest BCUT2D eigenvalue weighted by Gasteiger charge is -2.18. The molecular formula is C32H33NO5. The van der Waals surface area contributed by atoms with Crippen LogP contribution in [0.15, 0.2) is 84.9 Å². The third-order valence-electron chi connectivity index (χ3n) is 6.49. The molecule has 0 spiro atoms. The number of aryl methyl sites for hydroxylation is 1. The van der Waals surface area contributed by atoms with Gasteiger partial charge >= 0.3 is 5.97 Å². The molecule has 0 radical (unpaired) electrons. The molecule has 0 aliphatic carbocycles. The molecule has 1 unspecified atom stereocenters. The van der Waals surface area contributed by atoms with Crippen molar-refractivity contribution in [2.75, 3.05) is 11.9 Å². The summed E-state index contributed by atoms with van der Waals surface area (Å²) in [6.45, 7) is 4.77. The first-order valence-electron chi connectivity index (χ1n) is 12.9. The number of hydrogen-bond donors (Lipinski definition) is 2. The van der Waals surface area contributed by atoms with E-state index in [1.807, 2.05) is 98.8 Å². The third kappa shape index (κ3) is 6.91. The Bertz CT molecular complexity index is 1390. The second kappa shape index (κ2) is 12.8. The van der Waals surface area contributed by atoms with E-state index in [2.05, 4.69) is 5.32 Å². The summed E-state index contributed by atoms with van der Waals surface area (Å²) in [5.41, 5.74) is 3.44. The predicted molar refractivity (Wildman–Crippen MR) is 150 cm³/mol. The fraction of sp³-hybridized carbons (Fsp3) is 0.250. The number of carbonyl (C=O) groups excluding carboxylic acids is 1. The minimum absolute atomic E-state index is 0.0718. The van der Waals surface area contributed by atoms with Crippen LogP contribution < -0.4 is 14.8 Å². The van der Waals surface area contributed by atoms with Gasteiger partial charge in [0.05, 0.1) is 12.5 Å². The smallest absolute Gasteiger partial charge is 0.303 e. The fourth-order valence-electron chi connectivity index (χ4n) is 4.45. The fourth-order valence-corrected chi connectivity index (χ4v) is 4.45. The van der Waals surface area contributed by atoms with Gasteiger partial charge in [0, 0.05) is 12.1 Å². The number of carbonyl (C=O) groups is 2. The average Bonchev–Trinajstić information content (AvgIpc) is 2.93. The minimum atomic E-state index is -0.833. The van der Waals surface area contributed by atoms with E-state index in [4.69, 9.17) is 14.6 Å². The molecule has 0 aliphatic rings. The van der Waals surface area contributed by atoms with Crippen LogP contribution >= 0.6 is 0 Å². The highest BCUT2D eigenvalue weighted by Crippen LogP contribution is 2.28. The van der Waals surface area contributed by atoms with Gasteiger partial charge in [-0.1, -0.05) is 54.6 Å². The monoisotopic (exact) mass is 511 g/mol. The van der Waals surface area contributed by atoms with Crippen molar-refractivity contribution in [2.24, 2.45) is 0 Å². The molecule has 0 heterocycles. The highest BCUT2D eigenvalue weighted by atomic mass is 16.5. The van der Waals surface area contributed by atoms with Crippen LogP contribution in [0, 0.1) is 0 Å². The molecular weight excluding hydrogens is 478 g/mol. The van der Waals surface area contributed by atoms with Crippen molar-refractivity contribution in [3.8, 4) is 11.5 Å². The van der Waals surface area contributed by atoms with Gasteiger partial charge in [-0.25, -0.2) is 0 Å². The number of carboxylic acids is 1. The summed E-state index contributed by atoms with van der Waals surface area (Å²) < 4.78 is 11.4. The second-order valence-corrected chi connectivity index (χ2v) is 9.21. The first-order chi connectivity index (χ1) is 18.4. The van der Waals surface area contributed by atoms with Crippen LogP contribution in [0.4, 0.5) is 5.69 Å². The molecule has 1 atom stereocenters. The summed E-state index contributed by atoms with van der Waals surface area (Å²) in [6, 6.07) is 27.3. The first-order valence-corrected chi connectivity index (χ1v) is 12.9. The van der Waals surface area contributed by atoms with E-state index in [1.165, 1.54) is 0 Å². The molecule has 0 bridgehead atoms. The highest BCUT2D eigenvalue weighted by molar-refractivity contribution is 5.99. The summed E-state index contributed by atoms with van der Waals surface area (Å²) in [6.07, 6.45) is 1.10. The summed E-state index contributed by atoms with van der Waals surface area (Å²) in [7, 11) is 0. The molecule has 0 saturated heterocycles. The summed E-state index contributed by atoms with van der Waals surface area (Å²) >= 11 is 0. The van der Waals surface area contributed by atoms with Crippen LogP contribution in [0.3, 0.4) is 0 Å². The normalized spacial score (nSPS) is 11.6. The van der Waals surface area contributed by atoms with E-state index in [0.717, 1.165) is 33.2 Å². The Kier molecular flexibility index (Phi) is 8.98. The zero-order chi connectivity index (χ0) is 26.9. The quantitative estimate of drug-likeness (QED) is 0.215. The Hall–Kier alpha value is -4.32. The van der Waals surface area contributed by atoms with Crippen LogP contribution in [0.5, 0.6) is 11.5 Å². The van der Waals surface area contributed by atoms with E-state index in [9.17, 15) is 9.59 Å². The van der Waals surface area contributed by atoms with E-state index in [1.54, 1.807) is 0 Å². The SMILES string of the molecule is CCOc1ccc(OCc2ccc(CCCC(=O)O)c(NC(=O)C(C)c3cccc4ccccc34)c2)cc1.